The molecule has 15 heavy (non-hydrogen) atoms. The molecule has 0 spiro atoms. The van der Waals surface area contributed by atoms with E-state index < -0.39 is 0 Å². The Morgan fingerprint density at radius 3 is 2.40 bits per heavy atom. The second-order valence-corrected chi connectivity index (χ2v) is 2.62. The zero-order valence-electron chi connectivity index (χ0n) is 9.58. The van der Waals surface area contributed by atoms with Gasteiger partial charge in [0.15, 0.2) is 0 Å². The first-order valence-corrected chi connectivity index (χ1v) is 4.83. The lowest BCUT2D eigenvalue weighted by Gasteiger charge is -2.04. The van der Waals surface area contributed by atoms with Gasteiger partial charge in [-0.05, 0) is 25.3 Å². The summed E-state index contributed by atoms with van der Waals surface area (Å²) in [6, 6.07) is 0. The average molecular weight is 207 g/mol. The van der Waals surface area contributed by atoms with Crippen LogP contribution in [0.5, 0.6) is 0 Å². The minimum atomic E-state index is -0.218. The molecule has 0 aromatic heterocycles. The van der Waals surface area contributed by atoms with Crippen molar-refractivity contribution < 1.29 is 9.53 Å². The van der Waals surface area contributed by atoms with Crippen molar-refractivity contribution in [3.63, 3.8) is 0 Å². The molecule has 83 valence electrons. The molecule has 0 heterocycles. The van der Waals surface area contributed by atoms with Crippen LogP contribution in [-0.4, -0.2) is 12.4 Å². The van der Waals surface area contributed by atoms with Gasteiger partial charge in [0, 0.05) is 13.3 Å². The summed E-state index contributed by atoms with van der Waals surface area (Å²) < 4.78 is 5.31. The number of allylic oxidation sites excluding steroid dienone is 3. The number of carbonyl (C=O) groups excluding carboxylic acids is 1. The predicted octanol–water partition coefficient (Wildman–Crippen LogP) is 2.92. The first-order valence-electron chi connectivity index (χ1n) is 4.83. The Labute approximate surface area is 93.0 Å². The van der Waals surface area contributed by atoms with Crippen LogP contribution in [0, 0.1) is 19.3 Å². The molecule has 0 saturated heterocycles. The molecule has 0 aliphatic rings. The molecule has 0 amide bonds. The van der Waals surface area contributed by atoms with E-state index in [2.05, 4.69) is 26.8 Å². The van der Waals surface area contributed by atoms with Gasteiger partial charge in [-0.1, -0.05) is 19.6 Å². The molecule has 0 saturated carbocycles. The number of hydrogen-bond acceptors (Lipinski definition) is 2. The Morgan fingerprint density at radius 2 is 2.13 bits per heavy atom. The average Bonchev–Trinajstić information content (AvgIpc) is 2.25. The van der Waals surface area contributed by atoms with Crippen LogP contribution in [0.25, 0.3) is 0 Å². The maximum absolute atomic E-state index is 9.58. The number of ether oxygens (including phenoxy) is 1. The molecule has 0 aliphatic heterocycles. The van der Waals surface area contributed by atoms with E-state index in [4.69, 9.17) is 4.74 Å². The summed E-state index contributed by atoms with van der Waals surface area (Å²) in [5.74, 6) is 2.66. The van der Waals surface area contributed by atoms with Crippen molar-refractivity contribution in [3.05, 3.63) is 31.4 Å². The van der Waals surface area contributed by atoms with E-state index in [1.165, 1.54) is 6.92 Å². The van der Waals surface area contributed by atoms with E-state index in [1.54, 1.807) is 6.08 Å². The molecule has 0 atom stereocenters. The van der Waals surface area contributed by atoms with Crippen LogP contribution in [0.1, 0.15) is 26.7 Å². The zero-order valence-corrected chi connectivity index (χ0v) is 9.58. The van der Waals surface area contributed by atoms with Crippen LogP contribution in [-0.2, 0) is 9.53 Å². The van der Waals surface area contributed by atoms with Crippen LogP contribution in [0.15, 0.2) is 24.5 Å². The smallest absolute Gasteiger partial charge is 0.202 e. The second-order valence-electron chi connectivity index (χ2n) is 2.62. The summed E-state index contributed by atoms with van der Waals surface area (Å²) in [7, 11) is 0. The Kier molecular flexibility index (Phi) is 13.3. The molecule has 0 aliphatic carbocycles. The molecule has 0 bridgehead atoms. The van der Waals surface area contributed by atoms with Crippen molar-refractivity contribution in [2.24, 2.45) is 0 Å². The van der Waals surface area contributed by atoms with Gasteiger partial charge in [0.25, 0.3) is 0 Å². The maximum Gasteiger partial charge on any atom is 0.202 e. The first kappa shape index (κ1) is 16.0. The van der Waals surface area contributed by atoms with Gasteiger partial charge in [0.1, 0.15) is 0 Å². The first-order chi connectivity index (χ1) is 7.12. The van der Waals surface area contributed by atoms with Gasteiger partial charge in [-0.15, -0.1) is 6.42 Å². The highest BCUT2D eigenvalue weighted by Gasteiger charge is 1.89. The Bertz CT molecular complexity index is 244. The van der Waals surface area contributed by atoms with Gasteiger partial charge < -0.3 is 4.74 Å². The molecule has 0 aromatic rings. The summed E-state index contributed by atoms with van der Waals surface area (Å²) in [6.07, 6.45) is 9.93. The van der Waals surface area contributed by atoms with E-state index in [-0.39, 0.29) is 5.78 Å². The lowest BCUT2D eigenvalue weighted by Crippen LogP contribution is -1.91. The Morgan fingerprint density at radius 1 is 1.60 bits per heavy atom. The lowest BCUT2D eigenvalue weighted by atomic mass is 10.3. The lowest BCUT2D eigenvalue weighted by molar-refractivity contribution is -0.111. The second kappa shape index (κ2) is 12.5. The van der Waals surface area contributed by atoms with Crippen molar-refractivity contribution in [2.75, 3.05) is 6.61 Å². The third kappa shape index (κ3) is 15.3. The van der Waals surface area contributed by atoms with Gasteiger partial charge >= 0.3 is 0 Å². The fraction of sp³-hybridized carbons (Fsp3) is 0.385. The summed E-state index contributed by atoms with van der Waals surface area (Å²) in [5.41, 5.74) is 0. The highest BCUT2D eigenvalue weighted by atomic mass is 16.5. The topological polar surface area (TPSA) is 26.3 Å². The summed E-state index contributed by atoms with van der Waals surface area (Å²) >= 11 is 0. The minimum absolute atomic E-state index is 0.218. The van der Waals surface area contributed by atoms with Gasteiger partial charge in [0.05, 0.1) is 12.4 Å². The van der Waals surface area contributed by atoms with E-state index in [1.807, 2.05) is 12.0 Å². The number of hydrogen-bond donors (Lipinski definition) is 0. The van der Waals surface area contributed by atoms with Crippen molar-refractivity contribution in [1.82, 2.24) is 0 Å². The van der Waals surface area contributed by atoms with E-state index in [0.717, 1.165) is 18.6 Å². The fourth-order valence-corrected chi connectivity index (χ4v) is 0.603. The van der Waals surface area contributed by atoms with Crippen LogP contribution in [0.2, 0.25) is 0 Å². The highest BCUT2D eigenvalue weighted by Crippen LogP contribution is 2.02. The van der Waals surface area contributed by atoms with Crippen LogP contribution in [0.3, 0.4) is 0 Å². The van der Waals surface area contributed by atoms with Crippen molar-refractivity contribution in [1.29, 1.82) is 0 Å². The van der Waals surface area contributed by atoms with E-state index >= 15 is 0 Å². The van der Waals surface area contributed by atoms with Crippen LogP contribution >= 0.6 is 0 Å². The van der Waals surface area contributed by atoms with Crippen LogP contribution < -0.4 is 0 Å². The van der Waals surface area contributed by atoms with Crippen molar-refractivity contribution >= 4 is 5.78 Å². The normalized spacial score (nSPS) is 9.33. The summed E-state index contributed by atoms with van der Waals surface area (Å²) in [6.45, 7) is 11.4. The molecular weight excluding hydrogens is 188 g/mol. The monoisotopic (exact) mass is 207 g/mol. The van der Waals surface area contributed by atoms with Gasteiger partial charge in [0.2, 0.25) is 5.78 Å². The van der Waals surface area contributed by atoms with E-state index in [0.29, 0.717) is 6.61 Å². The molecule has 0 rings (SSSR count). The molecular formula is C13H19O2. The molecule has 1 radical (unpaired) electrons. The Balaban J connectivity index is 0. The number of carbonyl (C=O) groups is 1. The number of Topliss-reactive ketones (excluding diaryl/α,β-unsaturated/α-hetero) is 1. The minimum Gasteiger partial charge on any atom is -0.498 e. The maximum atomic E-state index is 9.58. The van der Waals surface area contributed by atoms with Crippen LogP contribution in [0.4, 0.5) is 0 Å². The van der Waals surface area contributed by atoms with Gasteiger partial charge in [-0.25, -0.2) is 0 Å². The molecule has 0 unspecified atom stereocenters. The standard InChI is InChI=1S/C9H15O.C4H4O/c1-4-7-9(6-3)10-8-5-2;1-3-4(2)5/h4,7H,1-2,5-6,8H2,3H3;1H,2H3/b9-7+;. The summed E-state index contributed by atoms with van der Waals surface area (Å²) in [4.78, 5) is 9.58. The fourth-order valence-electron chi connectivity index (χ4n) is 0.603. The molecule has 0 fully saturated rings. The predicted molar refractivity (Wildman–Crippen MR) is 64.0 cm³/mol. The van der Waals surface area contributed by atoms with Gasteiger partial charge in [-0.2, -0.15) is 0 Å². The third-order valence-corrected chi connectivity index (χ3v) is 1.29. The Hall–Kier alpha value is -1.49. The largest absolute Gasteiger partial charge is 0.498 e. The quantitative estimate of drug-likeness (QED) is 0.300. The highest BCUT2D eigenvalue weighted by molar-refractivity contribution is 5.92. The summed E-state index contributed by atoms with van der Waals surface area (Å²) in [5, 5.41) is 0. The van der Waals surface area contributed by atoms with Gasteiger partial charge in [-0.3, -0.25) is 4.79 Å². The number of rotatable bonds is 5. The zero-order chi connectivity index (χ0) is 12.1. The molecule has 2 heteroatoms. The number of terminal acetylenes is 1. The van der Waals surface area contributed by atoms with E-state index in [9.17, 15) is 4.79 Å². The third-order valence-electron chi connectivity index (χ3n) is 1.29. The SMILES string of the molecule is C#CC(C)=O.[CH2]CCO/C(=C/C=C)CC. The molecule has 0 aromatic carbocycles. The van der Waals surface area contributed by atoms with Crippen molar-refractivity contribution in [3.8, 4) is 12.3 Å². The number of ketones is 1. The van der Waals surface area contributed by atoms with Crippen molar-refractivity contribution in [2.45, 2.75) is 26.7 Å². The molecule has 2 nitrogen and oxygen atoms in total. The molecule has 0 N–H and O–H groups in total.